The smallest absolute Gasteiger partial charge is 0.336 e. The normalized spacial score (nSPS) is 12.8. The van der Waals surface area contributed by atoms with Gasteiger partial charge in [-0.25, -0.2) is 4.79 Å². The number of carboxylic acid groups (broad SMARTS) is 1. The molecule has 112 valence electrons. The summed E-state index contributed by atoms with van der Waals surface area (Å²) >= 11 is 0. The van der Waals surface area contributed by atoms with Gasteiger partial charge in [0.2, 0.25) is 0 Å². The molecule has 0 radical (unpaired) electrons. The second kappa shape index (κ2) is 5.52. The summed E-state index contributed by atoms with van der Waals surface area (Å²) in [6.45, 7) is 2.29. The minimum Gasteiger partial charge on any atom is -0.486 e. The van der Waals surface area contributed by atoms with Crippen LogP contribution < -0.4 is 9.47 Å². The van der Waals surface area contributed by atoms with Gasteiger partial charge < -0.3 is 14.6 Å². The monoisotopic (exact) mass is 298 g/mol. The summed E-state index contributed by atoms with van der Waals surface area (Å²) in [7, 11) is 0. The Hall–Kier alpha value is -2.82. The van der Waals surface area contributed by atoms with Crippen LogP contribution in [0.1, 0.15) is 27.6 Å². The van der Waals surface area contributed by atoms with E-state index in [0.717, 1.165) is 0 Å². The molecule has 2 aromatic carbocycles. The van der Waals surface area contributed by atoms with E-state index in [0.29, 0.717) is 41.4 Å². The maximum atomic E-state index is 12.0. The largest absolute Gasteiger partial charge is 0.486 e. The molecule has 5 nitrogen and oxygen atoms in total. The summed E-state index contributed by atoms with van der Waals surface area (Å²) in [4.78, 5) is 23.4. The van der Waals surface area contributed by atoms with Gasteiger partial charge in [-0.15, -0.1) is 0 Å². The molecule has 0 atom stereocenters. The average Bonchev–Trinajstić information content (AvgIpc) is 2.53. The Morgan fingerprint density at radius 3 is 2.23 bits per heavy atom. The number of Topliss-reactive ketones (excluding diaryl/α,β-unsaturated/α-hetero) is 1. The predicted molar refractivity (Wildman–Crippen MR) is 79.8 cm³/mol. The summed E-state index contributed by atoms with van der Waals surface area (Å²) < 4.78 is 11.0. The van der Waals surface area contributed by atoms with E-state index >= 15 is 0 Å². The highest BCUT2D eigenvalue weighted by molar-refractivity contribution is 6.05. The zero-order valence-electron chi connectivity index (χ0n) is 12.0. The lowest BCUT2D eigenvalue weighted by Crippen LogP contribution is -2.16. The Morgan fingerprint density at radius 2 is 1.59 bits per heavy atom. The molecule has 0 fully saturated rings. The molecule has 2 aromatic rings. The molecule has 1 heterocycles. The summed E-state index contributed by atoms with van der Waals surface area (Å²) in [6.07, 6.45) is 0. The van der Waals surface area contributed by atoms with E-state index in [-0.39, 0.29) is 11.3 Å². The van der Waals surface area contributed by atoms with Gasteiger partial charge in [-0.1, -0.05) is 18.2 Å². The van der Waals surface area contributed by atoms with Crippen molar-refractivity contribution in [3.63, 3.8) is 0 Å². The fraction of sp³-hybridized carbons (Fsp3) is 0.176. The molecule has 0 aromatic heterocycles. The van der Waals surface area contributed by atoms with Crippen molar-refractivity contribution in [1.82, 2.24) is 0 Å². The quantitative estimate of drug-likeness (QED) is 0.882. The fourth-order valence-electron chi connectivity index (χ4n) is 2.51. The first kappa shape index (κ1) is 14.1. The molecule has 0 saturated carbocycles. The van der Waals surface area contributed by atoms with Crippen LogP contribution in [0.15, 0.2) is 36.4 Å². The van der Waals surface area contributed by atoms with Gasteiger partial charge in [-0.05, 0) is 36.2 Å². The zero-order chi connectivity index (χ0) is 15.7. The van der Waals surface area contributed by atoms with Crippen molar-refractivity contribution in [2.24, 2.45) is 0 Å². The van der Waals surface area contributed by atoms with Crippen molar-refractivity contribution in [3.8, 4) is 22.6 Å². The average molecular weight is 298 g/mol. The van der Waals surface area contributed by atoms with Crippen LogP contribution in [0, 0.1) is 0 Å². The Labute approximate surface area is 127 Å². The van der Waals surface area contributed by atoms with E-state index in [1.54, 1.807) is 30.3 Å². The summed E-state index contributed by atoms with van der Waals surface area (Å²) in [5.74, 6) is -0.174. The third-order valence-electron chi connectivity index (χ3n) is 3.51. The highest BCUT2D eigenvalue weighted by Gasteiger charge is 2.21. The second-order valence-corrected chi connectivity index (χ2v) is 4.95. The highest BCUT2D eigenvalue weighted by Crippen LogP contribution is 2.38. The third kappa shape index (κ3) is 2.41. The maximum absolute atomic E-state index is 12.0. The molecule has 0 saturated heterocycles. The van der Waals surface area contributed by atoms with Crippen LogP contribution in [0.4, 0.5) is 0 Å². The highest BCUT2D eigenvalue weighted by atomic mass is 16.6. The fourth-order valence-corrected chi connectivity index (χ4v) is 2.51. The van der Waals surface area contributed by atoms with E-state index in [9.17, 15) is 14.7 Å². The van der Waals surface area contributed by atoms with Gasteiger partial charge in [-0.3, -0.25) is 4.79 Å². The second-order valence-electron chi connectivity index (χ2n) is 4.95. The number of benzene rings is 2. The number of fused-ring (bicyclic) bond motifs is 1. The van der Waals surface area contributed by atoms with Crippen LogP contribution in [0.5, 0.6) is 11.5 Å². The topological polar surface area (TPSA) is 72.8 Å². The van der Waals surface area contributed by atoms with Crippen molar-refractivity contribution < 1.29 is 24.2 Å². The van der Waals surface area contributed by atoms with E-state index in [1.807, 2.05) is 0 Å². The Bertz CT molecular complexity index is 764. The lowest BCUT2D eigenvalue weighted by molar-refractivity contribution is 0.0697. The molecule has 0 aliphatic carbocycles. The maximum Gasteiger partial charge on any atom is 0.336 e. The first-order valence-corrected chi connectivity index (χ1v) is 6.85. The number of ether oxygens (including phenoxy) is 2. The standard InChI is InChI=1S/C17H14O5/c1-10(18)13-8-15-16(22-7-6-21-15)9-14(13)11-4-2-3-5-12(11)17(19)20/h2-5,8-9H,6-7H2,1H3,(H,19,20). The number of hydrogen-bond donors (Lipinski definition) is 1. The van der Waals surface area contributed by atoms with Crippen LogP contribution in [-0.2, 0) is 0 Å². The van der Waals surface area contributed by atoms with Crippen molar-refractivity contribution in [2.75, 3.05) is 13.2 Å². The van der Waals surface area contributed by atoms with Crippen molar-refractivity contribution in [3.05, 3.63) is 47.5 Å². The summed E-state index contributed by atoms with van der Waals surface area (Å²) in [5.41, 5.74) is 1.58. The lowest BCUT2D eigenvalue weighted by Gasteiger charge is -2.21. The van der Waals surface area contributed by atoms with Gasteiger partial charge in [0, 0.05) is 5.56 Å². The Morgan fingerprint density at radius 1 is 0.955 bits per heavy atom. The van der Waals surface area contributed by atoms with Gasteiger partial charge in [0.15, 0.2) is 17.3 Å². The molecule has 1 N–H and O–H groups in total. The van der Waals surface area contributed by atoms with Crippen molar-refractivity contribution in [2.45, 2.75) is 6.92 Å². The van der Waals surface area contributed by atoms with Gasteiger partial charge in [0.25, 0.3) is 0 Å². The first-order valence-electron chi connectivity index (χ1n) is 6.85. The SMILES string of the molecule is CC(=O)c1cc2c(cc1-c1ccccc1C(=O)O)OCCO2. The first-order chi connectivity index (χ1) is 10.6. The number of carbonyl (C=O) groups excluding carboxylic acids is 1. The van der Waals surface area contributed by atoms with Crippen LogP contribution in [0.25, 0.3) is 11.1 Å². The minimum atomic E-state index is -1.04. The lowest BCUT2D eigenvalue weighted by atomic mass is 9.93. The molecule has 0 bridgehead atoms. The van der Waals surface area contributed by atoms with Crippen molar-refractivity contribution >= 4 is 11.8 Å². The van der Waals surface area contributed by atoms with Crippen LogP contribution in [0.2, 0.25) is 0 Å². The molecule has 5 heteroatoms. The molecule has 22 heavy (non-hydrogen) atoms. The van der Waals surface area contributed by atoms with Crippen LogP contribution >= 0.6 is 0 Å². The van der Waals surface area contributed by atoms with E-state index in [4.69, 9.17) is 9.47 Å². The number of rotatable bonds is 3. The van der Waals surface area contributed by atoms with Gasteiger partial charge in [-0.2, -0.15) is 0 Å². The minimum absolute atomic E-state index is 0.140. The number of aromatic carboxylic acids is 1. The molecule has 1 aliphatic rings. The van der Waals surface area contributed by atoms with Gasteiger partial charge >= 0.3 is 5.97 Å². The Balaban J connectivity index is 2.26. The number of ketones is 1. The number of carboxylic acids is 1. The van der Waals surface area contributed by atoms with E-state index < -0.39 is 5.97 Å². The van der Waals surface area contributed by atoms with Crippen molar-refractivity contribution in [1.29, 1.82) is 0 Å². The molecule has 1 aliphatic heterocycles. The number of carbonyl (C=O) groups is 2. The molecule has 3 rings (SSSR count). The zero-order valence-corrected chi connectivity index (χ0v) is 12.0. The molecular formula is C17H14O5. The predicted octanol–water partition coefficient (Wildman–Crippen LogP) is 3.03. The number of hydrogen-bond acceptors (Lipinski definition) is 4. The molecule has 0 spiro atoms. The third-order valence-corrected chi connectivity index (χ3v) is 3.51. The molecule has 0 amide bonds. The van der Waals surface area contributed by atoms with E-state index in [2.05, 4.69) is 0 Å². The molecule has 0 unspecified atom stereocenters. The van der Waals surface area contributed by atoms with E-state index in [1.165, 1.54) is 13.0 Å². The van der Waals surface area contributed by atoms with Crippen LogP contribution in [0.3, 0.4) is 0 Å². The summed E-state index contributed by atoms with van der Waals surface area (Å²) in [6, 6.07) is 9.87. The Kier molecular flexibility index (Phi) is 3.55. The summed E-state index contributed by atoms with van der Waals surface area (Å²) in [5, 5.41) is 9.35. The van der Waals surface area contributed by atoms with Crippen LogP contribution in [-0.4, -0.2) is 30.1 Å². The van der Waals surface area contributed by atoms with Gasteiger partial charge in [0.05, 0.1) is 5.56 Å². The van der Waals surface area contributed by atoms with Gasteiger partial charge in [0.1, 0.15) is 13.2 Å². The molecular weight excluding hydrogens is 284 g/mol.